The number of halogens is 1. The normalized spacial score (nSPS) is 14.0. The summed E-state index contributed by atoms with van der Waals surface area (Å²) in [4.78, 5) is 12.8. The van der Waals surface area contributed by atoms with Crippen molar-refractivity contribution in [3.05, 3.63) is 77.2 Å². The van der Waals surface area contributed by atoms with Gasteiger partial charge in [-0.2, -0.15) is 5.10 Å². The number of nitrogens with zero attached hydrogens (tertiary/aromatic N) is 1. The number of aliphatic hydroxyl groups is 1. The number of rotatable bonds is 8. The highest BCUT2D eigenvalue weighted by Crippen LogP contribution is 2.33. The fourth-order valence-electron chi connectivity index (χ4n) is 3.33. The fraction of sp³-hybridized carbons (Fsp3) is 0.217. The largest absolute Gasteiger partial charge is 0.490 e. The topological polar surface area (TPSA) is 100 Å². The van der Waals surface area contributed by atoms with Crippen LogP contribution in [0.1, 0.15) is 34.7 Å². The van der Waals surface area contributed by atoms with E-state index >= 15 is 0 Å². The van der Waals surface area contributed by atoms with E-state index in [4.69, 9.17) is 9.15 Å². The van der Waals surface area contributed by atoms with E-state index < -0.39 is 0 Å². The van der Waals surface area contributed by atoms with E-state index in [9.17, 15) is 14.3 Å². The molecule has 1 aliphatic carbocycles. The summed E-state index contributed by atoms with van der Waals surface area (Å²) in [7, 11) is 0. The van der Waals surface area contributed by atoms with Gasteiger partial charge >= 0.3 is 0 Å². The van der Waals surface area contributed by atoms with Gasteiger partial charge in [-0.3, -0.25) is 9.89 Å². The zero-order valence-electron chi connectivity index (χ0n) is 16.7. The SMILES string of the molecule is O=C(NCc1ccco1)c1ccc2n[nH]c(/C=C/C3=CC=C(F)CC3)c2c1OCCO. The van der Waals surface area contributed by atoms with Crippen LogP contribution < -0.4 is 10.1 Å². The second-order valence-electron chi connectivity index (χ2n) is 7.00. The Morgan fingerprint density at radius 2 is 2.19 bits per heavy atom. The number of carbonyl (C=O) groups excluding carboxylic acids is 1. The third kappa shape index (κ3) is 4.75. The Hall–Kier alpha value is -3.65. The molecule has 0 fully saturated rings. The van der Waals surface area contributed by atoms with Crippen LogP contribution in [0.15, 0.2) is 64.6 Å². The van der Waals surface area contributed by atoms with Gasteiger partial charge in [-0.05, 0) is 48.4 Å². The number of ether oxygens (including phenoxy) is 1. The van der Waals surface area contributed by atoms with Crippen LogP contribution in [0.4, 0.5) is 4.39 Å². The number of hydrogen-bond acceptors (Lipinski definition) is 5. The van der Waals surface area contributed by atoms with Gasteiger partial charge in [0.1, 0.15) is 23.9 Å². The minimum Gasteiger partial charge on any atom is -0.490 e. The third-order valence-corrected chi connectivity index (χ3v) is 4.88. The standard InChI is InChI=1S/C23H22FN3O4/c24-16-6-3-15(4-7-16)5-9-19-21-20(27-26-19)10-8-18(22(21)31-13-11-28)23(29)25-14-17-2-1-12-30-17/h1-3,5-6,8-10,12,28H,4,7,11,13-14H2,(H,25,29)(H,26,27)/b9-5+. The maximum absolute atomic E-state index is 13.2. The van der Waals surface area contributed by atoms with Gasteiger partial charge < -0.3 is 19.6 Å². The summed E-state index contributed by atoms with van der Waals surface area (Å²) in [6, 6.07) is 6.89. The highest BCUT2D eigenvalue weighted by molar-refractivity contribution is 6.05. The highest BCUT2D eigenvalue weighted by atomic mass is 19.1. The fourth-order valence-corrected chi connectivity index (χ4v) is 3.33. The third-order valence-electron chi connectivity index (χ3n) is 4.88. The highest BCUT2D eigenvalue weighted by Gasteiger charge is 2.20. The molecule has 0 bridgehead atoms. The van der Waals surface area contributed by atoms with Crippen LogP contribution in [-0.4, -0.2) is 34.4 Å². The molecule has 8 heteroatoms. The molecule has 0 atom stereocenters. The predicted molar refractivity (Wildman–Crippen MR) is 114 cm³/mol. The zero-order chi connectivity index (χ0) is 21.6. The molecule has 7 nitrogen and oxygen atoms in total. The summed E-state index contributed by atoms with van der Waals surface area (Å²) in [5.74, 6) is 0.498. The number of benzene rings is 1. The average molecular weight is 423 g/mol. The molecule has 0 radical (unpaired) electrons. The van der Waals surface area contributed by atoms with Crippen LogP contribution in [0.2, 0.25) is 0 Å². The van der Waals surface area contributed by atoms with Crippen LogP contribution in [0, 0.1) is 0 Å². The van der Waals surface area contributed by atoms with Crippen molar-refractivity contribution in [2.45, 2.75) is 19.4 Å². The molecule has 0 unspecified atom stereocenters. The number of furan rings is 1. The summed E-state index contributed by atoms with van der Waals surface area (Å²) in [5, 5.41) is 19.9. The van der Waals surface area contributed by atoms with Crippen LogP contribution in [0.25, 0.3) is 17.0 Å². The number of fused-ring (bicyclic) bond motifs is 1. The molecule has 0 saturated heterocycles. The van der Waals surface area contributed by atoms with Crippen LogP contribution in [-0.2, 0) is 6.54 Å². The summed E-state index contributed by atoms with van der Waals surface area (Å²) in [6.45, 7) is 0.0679. The van der Waals surface area contributed by atoms with Crippen molar-refractivity contribution in [1.82, 2.24) is 15.5 Å². The summed E-state index contributed by atoms with van der Waals surface area (Å²) in [5.41, 5.74) is 2.58. The Morgan fingerprint density at radius 3 is 2.94 bits per heavy atom. The molecule has 2 heterocycles. The molecular weight excluding hydrogens is 401 g/mol. The Balaban J connectivity index is 1.66. The van der Waals surface area contributed by atoms with Crippen molar-refractivity contribution in [2.75, 3.05) is 13.2 Å². The number of H-pyrrole nitrogens is 1. The predicted octanol–water partition coefficient (Wildman–Crippen LogP) is 4.04. The maximum Gasteiger partial charge on any atom is 0.255 e. The van der Waals surface area contributed by atoms with E-state index in [0.717, 1.165) is 5.57 Å². The summed E-state index contributed by atoms with van der Waals surface area (Å²) < 4.78 is 24.2. The van der Waals surface area contributed by atoms with Crippen molar-refractivity contribution in [3.8, 4) is 5.75 Å². The van der Waals surface area contributed by atoms with Crippen LogP contribution in [0.3, 0.4) is 0 Å². The van der Waals surface area contributed by atoms with E-state index in [1.807, 2.05) is 12.2 Å². The molecule has 4 rings (SSSR count). The molecule has 31 heavy (non-hydrogen) atoms. The molecule has 0 saturated carbocycles. The van der Waals surface area contributed by atoms with Crippen molar-refractivity contribution in [1.29, 1.82) is 0 Å². The number of aliphatic hydroxyl groups excluding tert-OH is 1. The molecule has 0 aliphatic heterocycles. The molecule has 1 aromatic carbocycles. The molecule has 3 N–H and O–H groups in total. The average Bonchev–Trinajstić information content (AvgIpc) is 3.45. The number of amides is 1. The maximum atomic E-state index is 13.2. The molecule has 3 aromatic rings. The quantitative estimate of drug-likeness (QED) is 0.508. The van der Waals surface area contributed by atoms with Crippen molar-refractivity contribution in [2.24, 2.45) is 0 Å². The van der Waals surface area contributed by atoms with E-state index in [0.29, 0.717) is 46.5 Å². The first-order chi connectivity index (χ1) is 15.2. The lowest BCUT2D eigenvalue weighted by Crippen LogP contribution is -2.23. The molecular formula is C23H22FN3O4. The van der Waals surface area contributed by atoms with E-state index in [2.05, 4.69) is 15.5 Å². The first kappa shape index (κ1) is 20.6. The van der Waals surface area contributed by atoms with Gasteiger partial charge in [0.05, 0.1) is 41.6 Å². The number of carbonyl (C=O) groups is 1. The van der Waals surface area contributed by atoms with Crippen molar-refractivity contribution >= 4 is 22.9 Å². The molecule has 160 valence electrons. The Kier molecular flexibility index (Phi) is 6.28. The monoisotopic (exact) mass is 423 g/mol. The van der Waals surface area contributed by atoms with Crippen LogP contribution in [0.5, 0.6) is 5.75 Å². The Bertz CT molecular complexity index is 1160. The van der Waals surface area contributed by atoms with Gasteiger partial charge in [0, 0.05) is 6.42 Å². The number of allylic oxidation sites excluding steroid dienone is 5. The molecule has 0 spiro atoms. The molecule has 1 amide bonds. The smallest absolute Gasteiger partial charge is 0.255 e. The van der Waals surface area contributed by atoms with E-state index in [1.54, 1.807) is 36.6 Å². The molecule has 1 aliphatic rings. The zero-order valence-corrected chi connectivity index (χ0v) is 16.7. The lowest BCUT2D eigenvalue weighted by Gasteiger charge is -2.12. The number of aromatic nitrogens is 2. The summed E-state index contributed by atoms with van der Waals surface area (Å²) >= 11 is 0. The lowest BCUT2D eigenvalue weighted by atomic mass is 10.0. The summed E-state index contributed by atoms with van der Waals surface area (Å²) in [6.07, 6.45) is 9.45. The van der Waals surface area contributed by atoms with Gasteiger partial charge in [-0.25, -0.2) is 4.39 Å². The number of nitrogens with one attached hydrogen (secondary N) is 2. The number of hydrogen-bond donors (Lipinski definition) is 3. The second kappa shape index (κ2) is 9.44. The van der Waals surface area contributed by atoms with E-state index in [-0.39, 0.29) is 31.5 Å². The van der Waals surface area contributed by atoms with Gasteiger partial charge in [-0.1, -0.05) is 12.2 Å². The van der Waals surface area contributed by atoms with Gasteiger partial charge in [-0.15, -0.1) is 0 Å². The van der Waals surface area contributed by atoms with Crippen LogP contribution >= 0.6 is 0 Å². The minimum atomic E-state index is -0.335. The Labute approximate surface area is 177 Å². The Morgan fingerprint density at radius 1 is 1.29 bits per heavy atom. The number of aromatic amines is 1. The first-order valence-corrected chi connectivity index (χ1v) is 9.94. The van der Waals surface area contributed by atoms with Crippen molar-refractivity contribution in [3.63, 3.8) is 0 Å². The van der Waals surface area contributed by atoms with Gasteiger partial charge in [0.25, 0.3) is 5.91 Å². The molecule has 2 aromatic heterocycles. The van der Waals surface area contributed by atoms with Gasteiger partial charge in [0.15, 0.2) is 0 Å². The first-order valence-electron chi connectivity index (χ1n) is 9.94. The van der Waals surface area contributed by atoms with Gasteiger partial charge in [0.2, 0.25) is 0 Å². The van der Waals surface area contributed by atoms with Crippen molar-refractivity contribution < 1.29 is 23.4 Å². The lowest BCUT2D eigenvalue weighted by molar-refractivity contribution is 0.0942. The minimum absolute atomic E-state index is 0.0289. The van der Waals surface area contributed by atoms with E-state index in [1.165, 1.54) is 6.08 Å². The second-order valence-corrected chi connectivity index (χ2v) is 7.00.